The molecule has 23 heavy (non-hydrogen) atoms. The van der Waals surface area contributed by atoms with Crippen LogP contribution in [0.2, 0.25) is 0 Å². The summed E-state index contributed by atoms with van der Waals surface area (Å²) in [6.07, 6.45) is 2.02. The van der Waals surface area contributed by atoms with E-state index in [0.29, 0.717) is 22.7 Å². The highest BCUT2D eigenvalue weighted by Crippen LogP contribution is 2.49. The van der Waals surface area contributed by atoms with Crippen molar-refractivity contribution < 1.29 is 9.53 Å². The van der Waals surface area contributed by atoms with Gasteiger partial charge in [0.15, 0.2) is 0 Å². The maximum Gasteiger partial charge on any atom is 0.336 e. The van der Waals surface area contributed by atoms with Crippen LogP contribution in [-0.4, -0.2) is 17.6 Å². The Morgan fingerprint density at radius 1 is 1.70 bits per heavy atom. The lowest BCUT2D eigenvalue weighted by molar-refractivity contribution is -0.139. The summed E-state index contributed by atoms with van der Waals surface area (Å²) in [7, 11) is 0. The second kappa shape index (κ2) is 7.07. The molecule has 2 rings (SSSR count). The summed E-state index contributed by atoms with van der Waals surface area (Å²) in [5.41, 5.74) is 0.0666. The van der Waals surface area contributed by atoms with Gasteiger partial charge in [-0.3, -0.25) is 0 Å². The van der Waals surface area contributed by atoms with Crippen LogP contribution >= 0.6 is 23.6 Å². The fourth-order valence-corrected chi connectivity index (χ4v) is 4.19. The zero-order chi connectivity index (χ0) is 17.0. The summed E-state index contributed by atoms with van der Waals surface area (Å²) < 4.78 is 5.22. The molecule has 4 nitrogen and oxygen atoms in total. The molecule has 0 aliphatic carbocycles. The van der Waals surface area contributed by atoms with E-state index in [1.54, 1.807) is 19.9 Å². The Balaban J connectivity index is 2.70. The Morgan fingerprint density at radius 2 is 2.43 bits per heavy atom. The smallest absolute Gasteiger partial charge is 0.336 e. The van der Waals surface area contributed by atoms with E-state index in [4.69, 9.17) is 17.0 Å². The Morgan fingerprint density at radius 3 is 2.96 bits per heavy atom. The number of hydrogen-bond acceptors (Lipinski definition) is 5. The van der Waals surface area contributed by atoms with Gasteiger partial charge in [0.2, 0.25) is 0 Å². The SMILES string of the molecule is C=CC[C@]1(C#N)C(=S)NC(C)=C(C(=O)OCC)[C@H]1c1cccs1. The van der Waals surface area contributed by atoms with E-state index in [0.717, 1.165) is 4.88 Å². The third-order valence-corrected chi connectivity index (χ3v) is 5.28. The molecule has 0 fully saturated rings. The number of thiophene rings is 1. The fraction of sp³-hybridized carbons (Fsp3) is 0.353. The molecule has 2 heterocycles. The lowest BCUT2D eigenvalue weighted by Crippen LogP contribution is -2.48. The van der Waals surface area contributed by atoms with Crippen molar-refractivity contribution in [1.82, 2.24) is 5.32 Å². The topological polar surface area (TPSA) is 62.1 Å². The molecule has 0 amide bonds. The van der Waals surface area contributed by atoms with E-state index in [1.165, 1.54) is 11.3 Å². The molecule has 0 spiro atoms. The minimum absolute atomic E-state index is 0.276. The first kappa shape index (κ1) is 17.4. The summed E-state index contributed by atoms with van der Waals surface area (Å²) in [5.74, 6) is -0.875. The summed E-state index contributed by atoms with van der Waals surface area (Å²) in [6, 6.07) is 6.17. The molecule has 1 aromatic heterocycles. The number of allylic oxidation sites excluding steroid dienone is 2. The van der Waals surface area contributed by atoms with Gasteiger partial charge in [-0.25, -0.2) is 4.79 Å². The van der Waals surface area contributed by atoms with Crippen LogP contribution in [0.5, 0.6) is 0 Å². The molecule has 0 bridgehead atoms. The second-order valence-corrected chi connectivity index (χ2v) is 6.63. The van der Waals surface area contributed by atoms with E-state index >= 15 is 0 Å². The van der Waals surface area contributed by atoms with Gasteiger partial charge in [0.25, 0.3) is 0 Å². The molecule has 0 saturated carbocycles. The third kappa shape index (κ3) is 2.94. The number of carbonyl (C=O) groups is 1. The van der Waals surface area contributed by atoms with Gasteiger partial charge in [0.05, 0.1) is 24.2 Å². The number of thiocarbonyl (C=S) groups is 1. The summed E-state index contributed by atoms with van der Waals surface area (Å²) in [6.45, 7) is 7.58. The first-order valence-electron chi connectivity index (χ1n) is 7.26. The molecule has 0 saturated heterocycles. The Kier molecular flexibility index (Phi) is 5.34. The quantitative estimate of drug-likeness (QED) is 0.500. The predicted octanol–water partition coefficient (Wildman–Crippen LogP) is 3.69. The molecular formula is C17H18N2O2S2. The molecule has 120 valence electrons. The summed E-state index contributed by atoms with van der Waals surface area (Å²) in [4.78, 5) is 13.9. The van der Waals surface area contributed by atoms with E-state index in [2.05, 4.69) is 18.0 Å². The fourth-order valence-electron chi connectivity index (χ4n) is 2.86. The van der Waals surface area contributed by atoms with E-state index < -0.39 is 17.3 Å². The Labute approximate surface area is 145 Å². The largest absolute Gasteiger partial charge is 0.463 e. The number of esters is 1. The highest BCUT2D eigenvalue weighted by atomic mass is 32.1. The number of hydrogen-bond donors (Lipinski definition) is 1. The van der Waals surface area contributed by atoms with Gasteiger partial charge in [-0.05, 0) is 31.7 Å². The number of carbonyl (C=O) groups excluding carboxylic acids is 1. The van der Waals surface area contributed by atoms with E-state index in [1.807, 2.05) is 17.5 Å². The second-order valence-electron chi connectivity index (χ2n) is 5.24. The molecule has 1 N–H and O–H groups in total. The molecule has 2 atom stereocenters. The molecule has 0 unspecified atom stereocenters. The van der Waals surface area contributed by atoms with E-state index in [9.17, 15) is 10.1 Å². The lowest BCUT2D eigenvalue weighted by atomic mass is 9.67. The highest BCUT2D eigenvalue weighted by Gasteiger charge is 2.51. The zero-order valence-corrected chi connectivity index (χ0v) is 14.7. The summed E-state index contributed by atoms with van der Waals surface area (Å²) >= 11 is 6.97. The third-order valence-electron chi connectivity index (χ3n) is 3.88. The van der Waals surface area contributed by atoms with E-state index in [-0.39, 0.29) is 6.61 Å². The lowest BCUT2D eigenvalue weighted by Gasteiger charge is -2.40. The van der Waals surface area contributed by atoms with Gasteiger partial charge >= 0.3 is 5.97 Å². The van der Waals surface area contributed by atoms with Gasteiger partial charge in [-0.2, -0.15) is 5.26 Å². The average molecular weight is 346 g/mol. The van der Waals surface area contributed by atoms with Crippen LogP contribution < -0.4 is 5.32 Å². The monoisotopic (exact) mass is 346 g/mol. The normalized spacial score (nSPS) is 23.9. The van der Waals surface area contributed by atoms with Crippen LogP contribution in [0.25, 0.3) is 0 Å². The molecule has 1 aromatic rings. The molecule has 1 aliphatic heterocycles. The van der Waals surface area contributed by atoms with Crippen LogP contribution in [0, 0.1) is 16.7 Å². The molecule has 0 aromatic carbocycles. The van der Waals surface area contributed by atoms with Crippen LogP contribution in [-0.2, 0) is 9.53 Å². The van der Waals surface area contributed by atoms with Crippen molar-refractivity contribution in [3.05, 3.63) is 46.3 Å². The van der Waals surface area contributed by atoms with Crippen molar-refractivity contribution >= 4 is 34.5 Å². The first-order chi connectivity index (χ1) is 11.0. The van der Waals surface area contributed by atoms with Gasteiger partial charge in [0.1, 0.15) is 10.4 Å². The van der Waals surface area contributed by atoms with Crippen molar-refractivity contribution in [2.24, 2.45) is 5.41 Å². The van der Waals surface area contributed by atoms with Crippen molar-refractivity contribution in [3.63, 3.8) is 0 Å². The van der Waals surface area contributed by atoms with Crippen molar-refractivity contribution in [2.45, 2.75) is 26.2 Å². The van der Waals surface area contributed by atoms with Gasteiger partial charge in [-0.15, -0.1) is 17.9 Å². The van der Waals surface area contributed by atoms with Gasteiger partial charge < -0.3 is 10.1 Å². The number of rotatable bonds is 5. The first-order valence-corrected chi connectivity index (χ1v) is 8.55. The number of nitriles is 1. The Bertz CT molecular complexity index is 701. The van der Waals surface area contributed by atoms with Crippen LogP contribution in [0.1, 0.15) is 31.1 Å². The van der Waals surface area contributed by atoms with Crippen molar-refractivity contribution in [3.8, 4) is 6.07 Å². The average Bonchev–Trinajstić information content (AvgIpc) is 3.03. The minimum atomic E-state index is -1.04. The van der Waals surface area contributed by atoms with Crippen LogP contribution in [0.15, 0.2) is 41.4 Å². The predicted molar refractivity (Wildman–Crippen MR) is 95.0 cm³/mol. The molecule has 6 heteroatoms. The van der Waals surface area contributed by atoms with Crippen molar-refractivity contribution in [1.29, 1.82) is 5.26 Å². The Hall–Kier alpha value is -1.97. The summed E-state index contributed by atoms with van der Waals surface area (Å²) in [5, 5.41) is 14.9. The van der Waals surface area contributed by atoms with Crippen LogP contribution in [0.4, 0.5) is 0 Å². The van der Waals surface area contributed by atoms with Crippen LogP contribution in [0.3, 0.4) is 0 Å². The zero-order valence-electron chi connectivity index (χ0n) is 13.1. The van der Waals surface area contributed by atoms with Gasteiger partial charge in [-0.1, -0.05) is 24.4 Å². The highest BCUT2D eigenvalue weighted by molar-refractivity contribution is 7.80. The van der Waals surface area contributed by atoms with Crippen molar-refractivity contribution in [2.75, 3.05) is 6.61 Å². The molecule has 0 radical (unpaired) electrons. The number of ether oxygens (including phenoxy) is 1. The minimum Gasteiger partial charge on any atom is -0.463 e. The van der Waals surface area contributed by atoms with Gasteiger partial charge in [0, 0.05) is 10.6 Å². The number of nitrogens with one attached hydrogen (secondary N) is 1. The standard InChI is InChI=1S/C17H18N2O2S2/c1-4-8-17(10-18)14(12-7-6-9-23-12)13(15(20)21-5-2)11(3)19-16(17)22/h4,6-7,9,14H,1,5,8H2,2-3H3,(H,19,22)/t14-,17-/m1/s1. The molecule has 1 aliphatic rings. The maximum absolute atomic E-state index is 12.5. The maximum atomic E-state index is 12.5. The number of nitrogens with zero attached hydrogens (tertiary/aromatic N) is 1. The molecular weight excluding hydrogens is 328 g/mol.